The van der Waals surface area contributed by atoms with E-state index in [1.807, 2.05) is 6.92 Å². The molecule has 0 aliphatic rings. The summed E-state index contributed by atoms with van der Waals surface area (Å²) in [6.45, 7) is 12.4. The number of ketones is 1. The molecule has 0 aliphatic heterocycles. The first-order valence-corrected chi connectivity index (χ1v) is 7.78. The van der Waals surface area contributed by atoms with Crippen LogP contribution in [0.3, 0.4) is 0 Å². The van der Waals surface area contributed by atoms with Gasteiger partial charge in [-0.05, 0) is 66.7 Å². The van der Waals surface area contributed by atoms with Crippen LogP contribution in [0.2, 0.25) is 0 Å². The Bertz CT molecular complexity index is 379. The Balaban J connectivity index is 3.99. The summed E-state index contributed by atoms with van der Waals surface area (Å²) in [5.74, 6) is 0.440. The third-order valence-electron chi connectivity index (χ3n) is 3.64. The van der Waals surface area contributed by atoms with Crippen LogP contribution in [0.15, 0.2) is 34.9 Å². The number of carbonyl (C=O) groups is 1. The van der Waals surface area contributed by atoms with Crippen LogP contribution in [-0.2, 0) is 4.79 Å². The predicted molar refractivity (Wildman–Crippen MR) is 89.9 cm³/mol. The van der Waals surface area contributed by atoms with Crippen molar-refractivity contribution >= 4 is 5.78 Å². The van der Waals surface area contributed by atoms with Gasteiger partial charge in [-0.1, -0.05) is 41.9 Å². The van der Waals surface area contributed by atoms with Crippen molar-refractivity contribution in [2.75, 3.05) is 0 Å². The monoisotopic (exact) mass is 276 g/mol. The second-order valence-electron chi connectivity index (χ2n) is 6.21. The van der Waals surface area contributed by atoms with E-state index >= 15 is 0 Å². The number of allylic oxidation sites excluding steroid dienone is 6. The van der Waals surface area contributed by atoms with Crippen molar-refractivity contribution < 1.29 is 4.79 Å². The Morgan fingerprint density at radius 2 is 1.35 bits per heavy atom. The van der Waals surface area contributed by atoms with E-state index in [-0.39, 0.29) is 11.7 Å². The van der Waals surface area contributed by atoms with Crippen molar-refractivity contribution in [3.05, 3.63) is 34.9 Å². The van der Waals surface area contributed by atoms with Gasteiger partial charge in [0.1, 0.15) is 5.78 Å². The number of rotatable bonds is 9. The molecule has 0 aliphatic carbocycles. The molecule has 0 heterocycles. The Hall–Kier alpha value is -1.11. The lowest BCUT2D eigenvalue weighted by Crippen LogP contribution is -2.04. The summed E-state index contributed by atoms with van der Waals surface area (Å²) in [5, 5.41) is 0. The van der Waals surface area contributed by atoms with Crippen LogP contribution in [0.5, 0.6) is 0 Å². The predicted octanol–water partition coefficient (Wildman–Crippen LogP) is 6.02. The van der Waals surface area contributed by atoms with Crippen LogP contribution < -0.4 is 0 Å². The summed E-state index contributed by atoms with van der Waals surface area (Å²) in [6.07, 6.45) is 12.3. The molecule has 1 heteroatoms. The van der Waals surface area contributed by atoms with E-state index in [1.165, 1.54) is 16.7 Å². The molecule has 114 valence electrons. The number of hydrogen-bond donors (Lipinski definition) is 0. The Kier molecular flexibility index (Phi) is 10.1. The summed E-state index contributed by atoms with van der Waals surface area (Å²) in [4.78, 5) is 11.2. The van der Waals surface area contributed by atoms with Gasteiger partial charge in [-0.25, -0.2) is 0 Å². The Labute approximate surface area is 125 Å². The highest BCUT2D eigenvalue weighted by Gasteiger charge is 2.04. The summed E-state index contributed by atoms with van der Waals surface area (Å²) in [7, 11) is 0. The topological polar surface area (TPSA) is 17.1 Å². The molecule has 0 amide bonds. The molecule has 0 bridgehead atoms. The van der Waals surface area contributed by atoms with Gasteiger partial charge in [-0.3, -0.25) is 4.79 Å². The zero-order chi connectivity index (χ0) is 15.5. The van der Waals surface area contributed by atoms with Gasteiger partial charge in [0.15, 0.2) is 0 Å². The van der Waals surface area contributed by atoms with Gasteiger partial charge >= 0.3 is 0 Å². The molecule has 0 saturated heterocycles. The quantitative estimate of drug-likeness (QED) is 0.470. The fourth-order valence-corrected chi connectivity index (χ4v) is 1.88. The largest absolute Gasteiger partial charge is 0.300 e. The SMILES string of the molecule is CC(=O)C(C)CC=C(C)CCC=C(C)CCC=C(C)C. The molecule has 0 aromatic carbocycles. The van der Waals surface area contributed by atoms with E-state index in [2.05, 4.69) is 45.9 Å². The molecular formula is C19H32O. The highest BCUT2D eigenvalue weighted by Crippen LogP contribution is 2.13. The van der Waals surface area contributed by atoms with Gasteiger partial charge in [-0.2, -0.15) is 0 Å². The first-order chi connectivity index (χ1) is 9.32. The highest BCUT2D eigenvalue weighted by molar-refractivity contribution is 5.77. The normalized spacial score (nSPS) is 14.1. The molecule has 0 aromatic heterocycles. The van der Waals surface area contributed by atoms with Gasteiger partial charge in [0.2, 0.25) is 0 Å². The Morgan fingerprint density at radius 1 is 0.850 bits per heavy atom. The van der Waals surface area contributed by atoms with E-state index in [1.54, 1.807) is 6.92 Å². The van der Waals surface area contributed by atoms with E-state index in [0.29, 0.717) is 0 Å². The Morgan fingerprint density at radius 3 is 1.85 bits per heavy atom. The fraction of sp³-hybridized carbons (Fsp3) is 0.632. The van der Waals surface area contributed by atoms with E-state index in [0.717, 1.165) is 32.1 Å². The molecule has 0 radical (unpaired) electrons. The lowest BCUT2D eigenvalue weighted by Gasteiger charge is -2.05. The number of carbonyl (C=O) groups excluding carboxylic acids is 1. The van der Waals surface area contributed by atoms with Gasteiger partial charge < -0.3 is 0 Å². The molecule has 0 spiro atoms. The summed E-state index contributed by atoms with van der Waals surface area (Å²) < 4.78 is 0. The smallest absolute Gasteiger partial charge is 0.132 e. The lowest BCUT2D eigenvalue weighted by atomic mass is 10.0. The van der Waals surface area contributed by atoms with Crippen LogP contribution in [0.25, 0.3) is 0 Å². The van der Waals surface area contributed by atoms with E-state index < -0.39 is 0 Å². The van der Waals surface area contributed by atoms with Crippen LogP contribution >= 0.6 is 0 Å². The van der Waals surface area contributed by atoms with Crippen molar-refractivity contribution in [2.24, 2.45) is 5.92 Å². The highest BCUT2D eigenvalue weighted by atomic mass is 16.1. The maximum atomic E-state index is 11.2. The van der Waals surface area contributed by atoms with Crippen molar-refractivity contribution in [2.45, 2.75) is 73.6 Å². The molecule has 0 fully saturated rings. The second-order valence-corrected chi connectivity index (χ2v) is 6.21. The molecule has 1 nitrogen and oxygen atoms in total. The first-order valence-electron chi connectivity index (χ1n) is 7.78. The summed E-state index contributed by atoms with van der Waals surface area (Å²) >= 11 is 0. The molecule has 20 heavy (non-hydrogen) atoms. The van der Waals surface area contributed by atoms with Crippen molar-refractivity contribution in [1.82, 2.24) is 0 Å². The van der Waals surface area contributed by atoms with Crippen molar-refractivity contribution in [3.63, 3.8) is 0 Å². The molecule has 1 unspecified atom stereocenters. The average molecular weight is 276 g/mol. The fourth-order valence-electron chi connectivity index (χ4n) is 1.88. The standard InChI is InChI=1S/C19H32O/c1-15(2)9-7-10-16(3)11-8-12-17(4)13-14-18(5)19(6)20/h9,11,13,18H,7-8,10,12,14H2,1-6H3. The van der Waals surface area contributed by atoms with Crippen molar-refractivity contribution in [3.8, 4) is 0 Å². The first kappa shape index (κ1) is 18.9. The third-order valence-corrected chi connectivity index (χ3v) is 3.64. The van der Waals surface area contributed by atoms with Gasteiger partial charge in [-0.15, -0.1) is 0 Å². The van der Waals surface area contributed by atoms with Crippen LogP contribution in [0.1, 0.15) is 73.6 Å². The van der Waals surface area contributed by atoms with Crippen molar-refractivity contribution in [1.29, 1.82) is 0 Å². The second kappa shape index (κ2) is 10.7. The van der Waals surface area contributed by atoms with Gasteiger partial charge in [0.05, 0.1) is 0 Å². The van der Waals surface area contributed by atoms with E-state index in [4.69, 9.17) is 0 Å². The zero-order valence-corrected chi connectivity index (χ0v) is 14.3. The molecule has 1 atom stereocenters. The minimum Gasteiger partial charge on any atom is -0.300 e. The summed E-state index contributed by atoms with van der Waals surface area (Å²) in [6, 6.07) is 0. The molecular weight excluding hydrogens is 244 g/mol. The minimum absolute atomic E-state index is 0.159. The van der Waals surface area contributed by atoms with Gasteiger partial charge in [0.25, 0.3) is 0 Å². The van der Waals surface area contributed by atoms with Crippen LogP contribution in [0.4, 0.5) is 0 Å². The molecule has 0 N–H and O–H groups in total. The summed E-state index contributed by atoms with van der Waals surface area (Å²) in [5.41, 5.74) is 4.27. The number of Topliss-reactive ketones (excluding diaryl/α,β-unsaturated/α-hetero) is 1. The number of hydrogen-bond acceptors (Lipinski definition) is 1. The lowest BCUT2D eigenvalue weighted by molar-refractivity contribution is -0.120. The maximum Gasteiger partial charge on any atom is 0.132 e. The third kappa shape index (κ3) is 10.8. The maximum absolute atomic E-state index is 11.2. The van der Waals surface area contributed by atoms with Crippen LogP contribution in [0, 0.1) is 5.92 Å². The minimum atomic E-state index is 0.159. The molecule has 0 rings (SSSR count). The van der Waals surface area contributed by atoms with Crippen LogP contribution in [-0.4, -0.2) is 5.78 Å². The van der Waals surface area contributed by atoms with E-state index in [9.17, 15) is 4.79 Å². The molecule has 0 saturated carbocycles. The average Bonchev–Trinajstić information content (AvgIpc) is 2.35. The zero-order valence-electron chi connectivity index (χ0n) is 14.3. The van der Waals surface area contributed by atoms with Gasteiger partial charge in [0, 0.05) is 5.92 Å². The molecule has 0 aromatic rings.